The smallest absolute Gasteiger partial charge is 0.131 e. The Morgan fingerprint density at radius 2 is 1.75 bits per heavy atom. The molecule has 0 aromatic heterocycles. The van der Waals surface area contributed by atoms with Gasteiger partial charge in [-0.1, -0.05) is 25.1 Å². The van der Waals surface area contributed by atoms with E-state index in [0.717, 1.165) is 6.07 Å². The number of hydrogen-bond donors (Lipinski definition) is 1. The van der Waals surface area contributed by atoms with Gasteiger partial charge in [-0.3, -0.25) is 0 Å². The minimum atomic E-state index is -0.642. The van der Waals surface area contributed by atoms with E-state index in [9.17, 15) is 13.2 Å². The quantitative estimate of drug-likeness (QED) is 0.888. The molecule has 0 aliphatic rings. The van der Waals surface area contributed by atoms with Gasteiger partial charge in [0.25, 0.3) is 0 Å². The van der Waals surface area contributed by atoms with Crippen molar-refractivity contribution in [3.63, 3.8) is 0 Å². The van der Waals surface area contributed by atoms with Gasteiger partial charge in [-0.2, -0.15) is 0 Å². The van der Waals surface area contributed by atoms with E-state index in [1.165, 1.54) is 18.2 Å². The second-order valence-corrected chi connectivity index (χ2v) is 4.67. The van der Waals surface area contributed by atoms with Gasteiger partial charge < -0.3 is 5.32 Å². The molecule has 0 heterocycles. The van der Waals surface area contributed by atoms with Crippen molar-refractivity contribution in [2.24, 2.45) is 0 Å². The van der Waals surface area contributed by atoms with Crippen LogP contribution in [-0.2, 0) is 0 Å². The van der Waals surface area contributed by atoms with Gasteiger partial charge in [0.15, 0.2) is 0 Å². The van der Waals surface area contributed by atoms with E-state index in [-0.39, 0.29) is 5.82 Å². The maximum absolute atomic E-state index is 13.9. The van der Waals surface area contributed by atoms with Crippen LogP contribution in [0.1, 0.15) is 29.7 Å². The third kappa shape index (κ3) is 3.02. The maximum Gasteiger partial charge on any atom is 0.131 e. The predicted molar refractivity (Wildman–Crippen MR) is 73.0 cm³/mol. The highest BCUT2D eigenvalue weighted by molar-refractivity contribution is 5.35. The van der Waals surface area contributed by atoms with E-state index < -0.39 is 17.7 Å². The van der Waals surface area contributed by atoms with E-state index in [1.807, 2.05) is 6.92 Å². The third-order valence-corrected chi connectivity index (χ3v) is 3.21. The average molecular weight is 279 g/mol. The molecule has 0 fully saturated rings. The first-order valence-electron chi connectivity index (χ1n) is 6.47. The fourth-order valence-corrected chi connectivity index (χ4v) is 2.14. The van der Waals surface area contributed by atoms with Crippen LogP contribution < -0.4 is 5.32 Å². The molecule has 0 aliphatic heterocycles. The van der Waals surface area contributed by atoms with Crippen LogP contribution in [0, 0.1) is 24.4 Å². The summed E-state index contributed by atoms with van der Waals surface area (Å²) in [6.07, 6.45) is 0. The maximum atomic E-state index is 13.9. The van der Waals surface area contributed by atoms with Gasteiger partial charge in [-0.25, -0.2) is 13.2 Å². The fraction of sp³-hybridized carbons (Fsp3) is 0.250. The topological polar surface area (TPSA) is 12.0 Å². The van der Waals surface area contributed by atoms with Crippen molar-refractivity contribution in [1.82, 2.24) is 5.32 Å². The van der Waals surface area contributed by atoms with Crippen molar-refractivity contribution in [3.05, 3.63) is 70.5 Å². The van der Waals surface area contributed by atoms with Crippen LogP contribution >= 0.6 is 0 Å². The van der Waals surface area contributed by atoms with Crippen molar-refractivity contribution >= 4 is 0 Å². The molecule has 4 heteroatoms. The standard InChI is InChI=1S/C16H16F3N/c1-3-20-16(11-5-4-10(2)14(18)8-11)13-7-6-12(17)9-15(13)19/h4-9,16,20H,3H2,1-2H3. The first-order chi connectivity index (χ1) is 9.52. The molecule has 1 nitrogen and oxygen atoms in total. The first kappa shape index (κ1) is 14.6. The minimum Gasteiger partial charge on any atom is -0.306 e. The van der Waals surface area contributed by atoms with Crippen LogP contribution in [-0.4, -0.2) is 6.54 Å². The number of nitrogens with one attached hydrogen (secondary N) is 1. The lowest BCUT2D eigenvalue weighted by Gasteiger charge is -2.20. The van der Waals surface area contributed by atoms with E-state index in [0.29, 0.717) is 23.2 Å². The molecule has 0 spiro atoms. The number of hydrogen-bond acceptors (Lipinski definition) is 1. The van der Waals surface area contributed by atoms with Gasteiger partial charge in [0.2, 0.25) is 0 Å². The Labute approximate surface area is 116 Å². The van der Waals surface area contributed by atoms with Gasteiger partial charge in [-0.05, 0) is 36.7 Å². The zero-order chi connectivity index (χ0) is 14.7. The zero-order valence-corrected chi connectivity index (χ0v) is 11.4. The third-order valence-electron chi connectivity index (χ3n) is 3.21. The van der Waals surface area contributed by atoms with E-state index >= 15 is 0 Å². The molecule has 106 valence electrons. The molecule has 0 saturated heterocycles. The van der Waals surface area contributed by atoms with Gasteiger partial charge in [0, 0.05) is 11.6 Å². The zero-order valence-electron chi connectivity index (χ0n) is 11.4. The summed E-state index contributed by atoms with van der Waals surface area (Å²) in [5.74, 6) is -1.61. The Morgan fingerprint density at radius 3 is 2.35 bits per heavy atom. The van der Waals surface area contributed by atoms with Crippen LogP contribution in [0.4, 0.5) is 13.2 Å². The van der Waals surface area contributed by atoms with Crippen molar-refractivity contribution in [2.45, 2.75) is 19.9 Å². The highest BCUT2D eigenvalue weighted by Crippen LogP contribution is 2.26. The van der Waals surface area contributed by atoms with Crippen LogP contribution in [0.2, 0.25) is 0 Å². The number of benzene rings is 2. The summed E-state index contributed by atoms with van der Waals surface area (Å²) in [6, 6.07) is 7.69. The molecular weight excluding hydrogens is 263 g/mol. The summed E-state index contributed by atoms with van der Waals surface area (Å²) >= 11 is 0. The Kier molecular flexibility index (Phi) is 4.45. The van der Waals surface area contributed by atoms with Crippen molar-refractivity contribution < 1.29 is 13.2 Å². The number of rotatable bonds is 4. The largest absolute Gasteiger partial charge is 0.306 e. The second kappa shape index (κ2) is 6.09. The second-order valence-electron chi connectivity index (χ2n) is 4.67. The lowest BCUT2D eigenvalue weighted by Crippen LogP contribution is -2.23. The SMILES string of the molecule is CCNC(c1ccc(C)c(F)c1)c1ccc(F)cc1F. The molecule has 2 aromatic rings. The molecule has 1 atom stereocenters. The van der Waals surface area contributed by atoms with Crippen LogP contribution in [0.25, 0.3) is 0 Å². The van der Waals surface area contributed by atoms with Gasteiger partial charge in [0.05, 0.1) is 6.04 Å². The first-order valence-corrected chi connectivity index (χ1v) is 6.47. The van der Waals surface area contributed by atoms with Crippen molar-refractivity contribution in [3.8, 4) is 0 Å². The minimum absolute atomic E-state index is 0.302. The summed E-state index contributed by atoms with van der Waals surface area (Å²) in [5.41, 5.74) is 1.44. The Hall–Kier alpha value is -1.81. The monoisotopic (exact) mass is 279 g/mol. The molecule has 2 rings (SSSR count). The number of halogens is 3. The molecule has 0 bridgehead atoms. The summed E-state index contributed by atoms with van der Waals surface area (Å²) in [6.45, 7) is 4.12. The molecule has 0 radical (unpaired) electrons. The highest BCUT2D eigenvalue weighted by atomic mass is 19.1. The summed E-state index contributed by atoms with van der Waals surface area (Å²) < 4.78 is 40.6. The van der Waals surface area contributed by atoms with Gasteiger partial charge in [0.1, 0.15) is 17.5 Å². The molecule has 0 amide bonds. The Bertz CT molecular complexity index is 611. The normalized spacial score (nSPS) is 12.4. The number of aryl methyl sites for hydroxylation is 1. The highest BCUT2D eigenvalue weighted by Gasteiger charge is 2.18. The molecule has 1 N–H and O–H groups in total. The lowest BCUT2D eigenvalue weighted by atomic mass is 9.97. The van der Waals surface area contributed by atoms with E-state index in [4.69, 9.17) is 0 Å². The van der Waals surface area contributed by atoms with E-state index in [1.54, 1.807) is 19.1 Å². The molecule has 0 saturated carbocycles. The molecular formula is C16H16F3N. The van der Waals surface area contributed by atoms with Gasteiger partial charge >= 0.3 is 0 Å². The summed E-state index contributed by atoms with van der Waals surface area (Å²) in [4.78, 5) is 0. The fourth-order valence-electron chi connectivity index (χ4n) is 2.14. The van der Waals surface area contributed by atoms with Crippen LogP contribution in [0.5, 0.6) is 0 Å². The molecule has 0 aliphatic carbocycles. The average Bonchev–Trinajstić information content (AvgIpc) is 2.40. The lowest BCUT2D eigenvalue weighted by molar-refractivity contribution is 0.538. The van der Waals surface area contributed by atoms with Gasteiger partial charge in [-0.15, -0.1) is 0 Å². The molecule has 2 aromatic carbocycles. The summed E-state index contributed by atoms with van der Waals surface area (Å²) in [7, 11) is 0. The Morgan fingerprint density at radius 1 is 1.00 bits per heavy atom. The van der Waals surface area contributed by atoms with Crippen molar-refractivity contribution in [1.29, 1.82) is 0 Å². The predicted octanol–water partition coefficient (Wildman–Crippen LogP) is 4.11. The van der Waals surface area contributed by atoms with Crippen molar-refractivity contribution in [2.75, 3.05) is 6.54 Å². The van der Waals surface area contributed by atoms with E-state index in [2.05, 4.69) is 5.32 Å². The van der Waals surface area contributed by atoms with Crippen LogP contribution in [0.15, 0.2) is 36.4 Å². The summed E-state index contributed by atoms with van der Waals surface area (Å²) in [5, 5.41) is 3.09. The molecule has 20 heavy (non-hydrogen) atoms. The van der Waals surface area contributed by atoms with Crippen LogP contribution in [0.3, 0.4) is 0 Å². The molecule has 1 unspecified atom stereocenters. The Balaban J connectivity index is 2.47.